The lowest BCUT2D eigenvalue weighted by molar-refractivity contribution is -0.669. The second-order valence-corrected chi connectivity index (χ2v) is 4.99. The van der Waals surface area contributed by atoms with Crippen molar-refractivity contribution in [3.8, 4) is 5.75 Å². The summed E-state index contributed by atoms with van der Waals surface area (Å²) >= 11 is 0. The van der Waals surface area contributed by atoms with Gasteiger partial charge in [-0.25, -0.2) is 0 Å². The molecule has 0 atom stereocenters. The van der Waals surface area contributed by atoms with Gasteiger partial charge in [-0.2, -0.15) is 4.57 Å². The highest BCUT2D eigenvalue weighted by atomic mass is 16.3. The molecule has 21 heavy (non-hydrogen) atoms. The zero-order chi connectivity index (χ0) is 14.7. The second-order valence-electron chi connectivity index (χ2n) is 4.99. The van der Waals surface area contributed by atoms with Crippen LogP contribution in [-0.2, 0) is 6.54 Å². The van der Waals surface area contributed by atoms with Crippen LogP contribution in [0, 0.1) is 0 Å². The summed E-state index contributed by atoms with van der Waals surface area (Å²) in [5.41, 5.74) is 3.38. The van der Waals surface area contributed by atoms with Gasteiger partial charge >= 0.3 is 0 Å². The van der Waals surface area contributed by atoms with Crippen molar-refractivity contribution in [2.45, 2.75) is 13.5 Å². The van der Waals surface area contributed by atoms with Crippen LogP contribution in [0.15, 0.2) is 60.7 Å². The van der Waals surface area contributed by atoms with Crippen molar-refractivity contribution in [1.82, 2.24) is 0 Å². The van der Waals surface area contributed by atoms with Crippen molar-refractivity contribution < 1.29 is 9.67 Å². The SMILES string of the molecule is CC[n+]1c(C=Cc2cccc(O)c2)ccc2ccccc21. The topological polar surface area (TPSA) is 24.1 Å². The summed E-state index contributed by atoms with van der Waals surface area (Å²) < 4.78 is 2.29. The third-order valence-electron chi connectivity index (χ3n) is 3.61. The standard InChI is InChI=1S/C19H17NO/c1-2-20-17(12-10-15-6-5-8-18(21)14-15)13-11-16-7-3-4-9-19(16)20/h3-14H,2H2,1H3/p+1. The number of phenolic OH excluding ortho intramolecular Hbond substituents is 1. The Morgan fingerprint density at radius 2 is 1.81 bits per heavy atom. The van der Waals surface area contributed by atoms with Gasteiger partial charge in [0.1, 0.15) is 12.3 Å². The van der Waals surface area contributed by atoms with Gasteiger partial charge < -0.3 is 5.11 Å². The van der Waals surface area contributed by atoms with Crippen molar-refractivity contribution in [2.24, 2.45) is 0 Å². The number of benzene rings is 2. The molecule has 0 saturated carbocycles. The number of aryl methyl sites for hydroxylation is 1. The summed E-state index contributed by atoms with van der Waals surface area (Å²) in [5, 5.41) is 10.8. The Hall–Kier alpha value is -2.61. The minimum Gasteiger partial charge on any atom is -0.508 e. The van der Waals surface area contributed by atoms with E-state index < -0.39 is 0 Å². The monoisotopic (exact) mass is 276 g/mol. The molecular weight excluding hydrogens is 258 g/mol. The largest absolute Gasteiger partial charge is 0.508 e. The van der Waals surface area contributed by atoms with Crippen LogP contribution < -0.4 is 4.57 Å². The van der Waals surface area contributed by atoms with E-state index in [1.807, 2.05) is 18.2 Å². The van der Waals surface area contributed by atoms with Crippen molar-refractivity contribution >= 4 is 23.1 Å². The number of pyridine rings is 1. The Labute approximate surface area is 124 Å². The Morgan fingerprint density at radius 1 is 0.952 bits per heavy atom. The van der Waals surface area contributed by atoms with E-state index in [-0.39, 0.29) is 0 Å². The molecule has 2 aromatic carbocycles. The summed E-state index contributed by atoms with van der Waals surface area (Å²) in [6.45, 7) is 3.07. The van der Waals surface area contributed by atoms with Crippen LogP contribution in [0.4, 0.5) is 0 Å². The summed E-state index contributed by atoms with van der Waals surface area (Å²) in [5.74, 6) is 0.291. The first-order chi connectivity index (χ1) is 10.3. The quantitative estimate of drug-likeness (QED) is 0.718. The van der Waals surface area contributed by atoms with Crippen molar-refractivity contribution in [3.05, 3.63) is 71.9 Å². The molecule has 0 aliphatic carbocycles. The number of nitrogens with zero attached hydrogens (tertiary/aromatic N) is 1. The lowest BCUT2D eigenvalue weighted by Gasteiger charge is -2.02. The molecule has 0 amide bonds. The molecule has 0 fully saturated rings. The third kappa shape index (κ3) is 2.79. The van der Waals surface area contributed by atoms with E-state index in [0.717, 1.165) is 17.8 Å². The van der Waals surface area contributed by atoms with Gasteiger partial charge in [-0.3, -0.25) is 0 Å². The van der Waals surface area contributed by atoms with Crippen molar-refractivity contribution in [2.75, 3.05) is 0 Å². The van der Waals surface area contributed by atoms with Crippen LogP contribution >= 0.6 is 0 Å². The highest BCUT2D eigenvalue weighted by Crippen LogP contribution is 2.15. The smallest absolute Gasteiger partial charge is 0.212 e. The van der Waals surface area contributed by atoms with Crippen molar-refractivity contribution in [1.29, 1.82) is 0 Å². The Bertz CT molecular complexity index is 806. The fourth-order valence-corrected chi connectivity index (χ4v) is 2.59. The number of fused-ring (bicyclic) bond motifs is 1. The van der Waals surface area contributed by atoms with Gasteiger partial charge in [0.05, 0.1) is 0 Å². The summed E-state index contributed by atoms with van der Waals surface area (Å²) in [7, 11) is 0. The highest BCUT2D eigenvalue weighted by Gasteiger charge is 2.10. The molecule has 1 heterocycles. The van der Waals surface area contributed by atoms with Crippen molar-refractivity contribution in [3.63, 3.8) is 0 Å². The van der Waals surface area contributed by atoms with Gasteiger partial charge in [0.15, 0.2) is 0 Å². The number of hydrogen-bond acceptors (Lipinski definition) is 1. The maximum absolute atomic E-state index is 9.51. The molecule has 2 nitrogen and oxygen atoms in total. The molecule has 3 aromatic rings. The molecule has 3 rings (SSSR count). The van der Waals surface area contributed by atoms with Crippen LogP contribution in [0.3, 0.4) is 0 Å². The van der Waals surface area contributed by atoms with Gasteiger partial charge in [-0.05, 0) is 42.8 Å². The molecule has 104 valence electrons. The zero-order valence-corrected chi connectivity index (χ0v) is 12.0. The summed E-state index contributed by atoms with van der Waals surface area (Å²) in [4.78, 5) is 0. The Balaban J connectivity index is 2.04. The van der Waals surface area contributed by atoms with Gasteiger partial charge in [-0.1, -0.05) is 24.3 Å². The first-order valence-electron chi connectivity index (χ1n) is 7.16. The molecule has 0 radical (unpaired) electrons. The van der Waals surface area contributed by atoms with E-state index in [9.17, 15) is 5.11 Å². The van der Waals surface area contributed by atoms with E-state index in [1.54, 1.807) is 12.1 Å². The van der Waals surface area contributed by atoms with Gasteiger partial charge in [0, 0.05) is 23.6 Å². The predicted molar refractivity (Wildman–Crippen MR) is 86.9 cm³/mol. The molecule has 0 aliphatic rings. The Kier molecular flexibility index (Phi) is 3.69. The van der Waals surface area contributed by atoms with E-state index in [2.05, 4.69) is 54.0 Å². The van der Waals surface area contributed by atoms with Crippen LogP contribution in [0.5, 0.6) is 5.75 Å². The molecule has 0 saturated heterocycles. The average molecular weight is 276 g/mol. The fourth-order valence-electron chi connectivity index (χ4n) is 2.59. The summed E-state index contributed by atoms with van der Waals surface area (Å²) in [6.07, 6.45) is 4.11. The Morgan fingerprint density at radius 3 is 2.62 bits per heavy atom. The average Bonchev–Trinajstić information content (AvgIpc) is 2.52. The first kappa shape index (κ1) is 13.4. The number of aromatic nitrogens is 1. The molecule has 0 aliphatic heterocycles. The minimum absolute atomic E-state index is 0.291. The third-order valence-corrected chi connectivity index (χ3v) is 3.61. The van der Waals surface area contributed by atoms with E-state index in [4.69, 9.17) is 0 Å². The molecule has 2 heteroatoms. The van der Waals surface area contributed by atoms with E-state index in [0.29, 0.717) is 5.75 Å². The zero-order valence-electron chi connectivity index (χ0n) is 12.0. The highest BCUT2D eigenvalue weighted by molar-refractivity contribution is 5.77. The van der Waals surface area contributed by atoms with Crippen LogP contribution in [0.2, 0.25) is 0 Å². The van der Waals surface area contributed by atoms with Gasteiger partial charge in [-0.15, -0.1) is 0 Å². The minimum atomic E-state index is 0.291. The fraction of sp³-hybridized carbons (Fsp3) is 0.105. The maximum atomic E-state index is 9.51. The number of rotatable bonds is 3. The lowest BCUT2D eigenvalue weighted by atomic mass is 10.1. The number of aromatic hydroxyl groups is 1. The first-order valence-corrected chi connectivity index (χ1v) is 7.16. The van der Waals surface area contributed by atoms with Gasteiger partial charge in [0.2, 0.25) is 11.2 Å². The molecule has 1 aromatic heterocycles. The lowest BCUT2D eigenvalue weighted by Crippen LogP contribution is -2.36. The number of hydrogen-bond donors (Lipinski definition) is 1. The van der Waals surface area contributed by atoms with Gasteiger partial charge in [0.25, 0.3) is 0 Å². The van der Waals surface area contributed by atoms with Crippen LogP contribution in [0.25, 0.3) is 23.1 Å². The summed E-state index contributed by atoms with van der Waals surface area (Å²) in [6, 6.07) is 19.9. The molecule has 0 bridgehead atoms. The predicted octanol–water partition coefficient (Wildman–Crippen LogP) is 4.02. The van der Waals surface area contributed by atoms with Crippen LogP contribution in [-0.4, -0.2) is 5.11 Å². The van der Waals surface area contributed by atoms with E-state index in [1.165, 1.54) is 10.9 Å². The molecular formula is C19H18NO+. The number of phenols is 1. The molecule has 0 unspecified atom stereocenters. The van der Waals surface area contributed by atoms with Crippen LogP contribution in [0.1, 0.15) is 18.2 Å². The normalized spacial score (nSPS) is 11.3. The second kappa shape index (κ2) is 5.80. The molecule has 1 N–H and O–H groups in total. The van der Waals surface area contributed by atoms with E-state index >= 15 is 0 Å². The number of para-hydroxylation sites is 1. The molecule has 0 spiro atoms. The maximum Gasteiger partial charge on any atom is 0.212 e.